The van der Waals surface area contributed by atoms with Gasteiger partial charge in [-0.1, -0.05) is 24.3 Å². The summed E-state index contributed by atoms with van der Waals surface area (Å²) in [5.74, 6) is 1.05. The van der Waals surface area contributed by atoms with Gasteiger partial charge in [-0.3, -0.25) is 15.0 Å². The number of hydrogen-bond acceptors (Lipinski definition) is 6. The number of carbonyl (C=O) groups is 2. The zero-order chi connectivity index (χ0) is 23.7. The molecule has 1 fully saturated rings. The summed E-state index contributed by atoms with van der Waals surface area (Å²) in [6, 6.07) is 20.2. The van der Waals surface area contributed by atoms with E-state index < -0.39 is 11.8 Å². The predicted octanol–water partition coefficient (Wildman–Crippen LogP) is 3.52. The number of ether oxygens (including phenoxy) is 3. The Bertz CT molecular complexity index is 1290. The van der Waals surface area contributed by atoms with Crippen LogP contribution < -0.4 is 29.5 Å². The van der Waals surface area contributed by atoms with Crippen LogP contribution in [0, 0.1) is 0 Å². The molecule has 172 valence electrons. The minimum atomic E-state index is -0.465. The Labute approximate surface area is 196 Å². The van der Waals surface area contributed by atoms with E-state index in [-0.39, 0.29) is 19.0 Å². The minimum Gasteiger partial charge on any atom is -0.488 e. The average Bonchev–Trinajstić information content (AvgIpc) is 3.43. The summed E-state index contributed by atoms with van der Waals surface area (Å²) < 4.78 is 16.9. The van der Waals surface area contributed by atoms with Crippen molar-refractivity contribution < 1.29 is 23.8 Å². The fourth-order valence-corrected chi connectivity index (χ4v) is 3.71. The first-order chi connectivity index (χ1) is 16.5. The summed E-state index contributed by atoms with van der Waals surface area (Å²) in [7, 11) is 3.86. The fraction of sp³-hybridized carbons (Fsp3) is 0.154. The van der Waals surface area contributed by atoms with Crippen molar-refractivity contribution in [2.75, 3.05) is 30.8 Å². The van der Waals surface area contributed by atoms with Crippen LogP contribution in [0.3, 0.4) is 0 Å². The maximum absolute atomic E-state index is 13.0. The number of nitrogens with one attached hydrogen (secondary N) is 1. The SMILES string of the molecule is CN(C)c1ccc(/C=C2/C(=O)NN(c3ccccc3)C2=O)c(OCc2ccc3c(c2)OCO3)c1. The van der Waals surface area contributed by atoms with Crippen LogP contribution in [0.1, 0.15) is 11.1 Å². The number of rotatable bonds is 6. The maximum Gasteiger partial charge on any atom is 0.282 e. The summed E-state index contributed by atoms with van der Waals surface area (Å²) in [5.41, 5.74) is 5.71. The largest absolute Gasteiger partial charge is 0.488 e. The van der Waals surface area contributed by atoms with E-state index in [4.69, 9.17) is 14.2 Å². The molecule has 5 rings (SSSR count). The molecule has 2 amide bonds. The van der Waals surface area contributed by atoms with E-state index in [0.29, 0.717) is 28.5 Å². The van der Waals surface area contributed by atoms with Crippen LogP contribution in [0.5, 0.6) is 17.2 Å². The molecule has 0 saturated carbocycles. The minimum absolute atomic E-state index is 0.0365. The highest BCUT2D eigenvalue weighted by atomic mass is 16.7. The normalized spacial score (nSPS) is 15.6. The van der Waals surface area contributed by atoms with Gasteiger partial charge in [-0.05, 0) is 48.0 Å². The Balaban J connectivity index is 1.43. The first kappa shape index (κ1) is 21.4. The van der Waals surface area contributed by atoms with Gasteiger partial charge in [0.25, 0.3) is 11.8 Å². The summed E-state index contributed by atoms with van der Waals surface area (Å²) in [5, 5.41) is 1.25. The third kappa shape index (κ3) is 4.13. The number of amides is 2. The zero-order valence-corrected chi connectivity index (χ0v) is 18.8. The van der Waals surface area contributed by atoms with Crippen LogP contribution in [0.25, 0.3) is 6.08 Å². The van der Waals surface area contributed by atoms with Crippen molar-refractivity contribution in [2.45, 2.75) is 6.61 Å². The lowest BCUT2D eigenvalue weighted by Gasteiger charge is -2.16. The van der Waals surface area contributed by atoms with E-state index in [9.17, 15) is 9.59 Å². The topological polar surface area (TPSA) is 80.3 Å². The first-order valence-corrected chi connectivity index (χ1v) is 10.7. The van der Waals surface area contributed by atoms with E-state index >= 15 is 0 Å². The molecule has 0 atom stereocenters. The number of nitrogens with zero attached hydrogens (tertiary/aromatic N) is 2. The molecule has 2 aliphatic heterocycles. The molecule has 34 heavy (non-hydrogen) atoms. The monoisotopic (exact) mass is 457 g/mol. The number of carbonyl (C=O) groups excluding carboxylic acids is 2. The van der Waals surface area contributed by atoms with Crippen LogP contribution in [-0.2, 0) is 16.2 Å². The lowest BCUT2D eigenvalue weighted by molar-refractivity contribution is -0.117. The van der Waals surface area contributed by atoms with Crippen molar-refractivity contribution in [3.8, 4) is 17.2 Å². The number of hydrazine groups is 1. The predicted molar refractivity (Wildman–Crippen MR) is 128 cm³/mol. The van der Waals surface area contributed by atoms with E-state index in [2.05, 4.69) is 5.43 Å². The second kappa shape index (κ2) is 8.82. The van der Waals surface area contributed by atoms with E-state index in [1.807, 2.05) is 61.5 Å². The molecule has 0 aliphatic carbocycles. The van der Waals surface area contributed by atoms with Gasteiger partial charge >= 0.3 is 0 Å². The molecule has 8 heteroatoms. The Hall–Kier alpha value is -4.46. The highest BCUT2D eigenvalue weighted by Gasteiger charge is 2.34. The molecular weight excluding hydrogens is 434 g/mol. The van der Waals surface area contributed by atoms with Crippen LogP contribution >= 0.6 is 0 Å². The molecule has 0 spiro atoms. The highest BCUT2D eigenvalue weighted by Crippen LogP contribution is 2.34. The Kier molecular flexibility index (Phi) is 5.55. The quantitative estimate of drug-likeness (QED) is 0.451. The fourth-order valence-electron chi connectivity index (χ4n) is 3.71. The smallest absolute Gasteiger partial charge is 0.282 e. The number of hydrogen-bond donors (Lipinski definition) is 1. The van der Waals surface area contributed by atoms with Gasteiger partial charge in [0.15, 0.2) is 11.5 Å². The lowest BCUT2D eigenvalue weighted by atomic mass is 10.1. The molecule has 0 unspecified atom stereocenters. The summed E-state index contributed by atoms with van der Waals surface area (Å²) in [6.07, 6.45) is 1.56. The molecule has 0 aromatic heterocycles. The van der Waals surface area contributed by atoms with Crippen molar-refractivity contribution in [1.82, 2.24) is 5.43 Å². The molecule has 2 aliphatic rings. The number of benzene rings is 3. The first-order valence-electron chi connectivity index (χ1n) is 10.7. The number of fused-ring (bicyclic) bond motifs is 1. The molecule has 1 N–H and O–H groups in total. The number of para-hydroxylation sites is 1. The second-order valence-corrected chi connectivity index (χ2v) is 8.07. The van der Waals surface area contributed by atoms with Crippen molar-refractivity contribution in [3.63, 3.8) is 0 Å². The van der Waals surface area contributed by atoms with Crippen molar-refractivity contribution in [1.29, 1.82) is 0 Å². The van der Waals surface area contributed by atoms with E-state index in [1.165, 1.54) is 5.01 Å². The Morgan fingerprint density at radius 3 is 2.59 bits per heavy atom. The van der Waals surface area contributed by atoms with Crippen LogP contribution in [0.2, 0.25) is 0 Å². The third-order valence-electron chi connectivity index (χ3n) is 5.55. The van der Waals surface area contributed by atoms with Crippen LogP contribution in [-0.4, -0.2) is 32.7 Å². The molecule has 3 aromatic carbocycles. The van der Waals surface area contributed by atoms with Crippen molar-refractivity contribution >= 4 is 29.3 Å². The van der Waals surface area contributed by atoms with Gasteiger partial charge in [-0.2, -0.15) is 0 Å². The van der Waals surface area contributed by atoms with Gasteiger partial charge in [0, 0.05) is 31.4 Å². The Morgan fingerprint density at radius 1 is 1.00 bits per heavy atom. The van der Waals surface area contributed by atoms with Crippen LogP contribution in [0.4, 0.5) is 11.4 Å². The summed E-state index contributed by atoms with van der Waals surface area (Å²) in [6.45, 7) is 0.484. The molecule has 2 heterocycles. The highest BCUT2D eigenvalue weighted by molar-refractivity contribution is 6.31. The number of anilines is 2. The van der Waals surface area contributed by atoms with Gasteiger partial charge in [0.05, 0.1) is 5.69 Å². The molecule has 0 bridgehead atoms. The molecular formula is C26H23N3O5. The third-order valence-corrected chi connectivity index (χ3v) is 5.55. The van der Waals surface area contributed by atoms with E-state index in [0.717, 1.165) is 11.3 Å². The van der Waals surface area contributed by atoms with Gasteiger partial charge in [-0.25, -0.2) is 5.01 Å². The summed E-state index contributed by atoms with van der Waals surface area (Å²) in [4.78, 5) is 27.6. The average molecular weight is 457 g/mol. The van der Waals surface area contributed by atoms with Crippen LogP contribution in [0.15, 0.2) is 72.3 Å². The zero-order valence-electron chi connectivity index (χ0n) is 18.8. The second-order valence-electron chi connectivity index (χ2n) is 8.07. The van der Waals surface area contributed by atoms with Gasteiger partial charge in [0.2, 0.25) is 6.79 Å². The lowest BCUT2D eigenvalue weighted by Crippen LogP contribution is -2.35. The standard InChI is InChI=1S/C26H23N3O5/c1-28(2)20-10-9-18(13-21-25(30)27-29(26(21)31)19-6-4-3-5-7-19)23(14-20)32-15-17-8-11-22-24(12-17)34-16-33-22/h3-14H,15-16H2,1-2H3,(H,27,30)/b21-13-. The summed E-state index contributed by atoms with van der Waals surface area (Å²) >= 11 is 0. The van der Waals surface area contributed by atoms with Crippen molar-refractivity contribution in [2.24, 2.45) is 0 Å². The maximum atomic E-state index is 13.0. The van der Waals surface area contributed by atoms with Gasteiger partial charge < -0.3 is 19.1 Å². The molecule has 0 radical (unpaired) electrons. The van der Waals surface area contributed by atoms with Crippen molar-refractivity contribution in [3.05, 3.63) is 83.4 Å². The molecule has 8 nitrogen and oxygen atoms in total. The van der Waals surface area contributed by atoms with E-state index in [1.54, 1.807) is 30.3 Å². The molecule has 3 aromatic rings. The van der Waals surface area contributed by atoms with Gasteiger partial charge in [-0.15, -0.1) is 0 Å². The Morgan fingerprint density at radius 2 is 1.79 bits per heavy atom. The molecule has 1 saturated heterocycles. The van der Waals surface area contributed by atoms with Gasteiger partial charge in [0.1, 0.15) is 17.9 Å².